The third kappa shape index (κ3) is 3.49. The maximum atomic E-state index is 12.7. The van der Waals surface area contributed by atoms with E-state index in [1.165, 1.54) is 0 Å². The van der Waals surface area contributed by atoms with E-state index in [0.29, 0.717) is 31.7 Å². The van der Waals surface area contributed by atoms with Gasteiger partial charge in [0, 0.05) is 37.1 Å². The first-order valence-electron chi connectivity index (χ1n) is 9.26. The Morgan fingerprint density at radius 3 is 2.96 bits per heavy atom. The van der Waals surface area contributed by atoms with Gasteiger partial charge in [0.2, 0.25) is 11.8 Å². The summed E-state index contributed by atoms with van der Waals surface area (Å²) in [5, 5.41) is 7.16. The highest BCUT2D eigenvalue weighted by Gasteiger charge is 2.37. The number of rotatable bonds is 4. The molecule has 4 rings (SSSR count). The molecule has 0 saturated carbocycles. The molecule has 2 amide bonds. The van der Waals surface area contributed by atoms with Crippen LogP contribution < -0.4 is 5.32 Å². The zero-order chi connectivity index (χ0) is 17.9. The molecule has 136 valence electrons. The lowest BCUT2D eigenvalue weighted by Crippen LogP contribution is -2.39. The van der Waals surface area contributed by atoms with Crippen LogP contribution in [0.5, 0.6) is 0 Å². The van der Waals surface area contributed by atoms with Crippen molar-refractivity contribution in [2.75, 3.05) is 13.1 Å². The molecule has 6 nitrogen and oxygen atoms in total. The van der Waals surface area contributed by atoms with Crippen LogP contribution in [0.2, 0.25) is 0 Å². The van der Waals surface area contributed by atoms with Crippen molar-refractivity contribution in [3.63, 3.8) is 0 Å². The van der Waals surface area contributed by atoms with Crippen LogP contribution in [0, 0.1) is 5.92 Å². The van der Waals surface area contributed by atoms with E-state index in [-0.39, 0.29) is 17.9 Å². The summed E-state index contributed by atoms with van der Waals surface area (Å²) in [6, 6.07) is 9.97. The molecule has 6 heteroatoms. The van der Waals surface area contributed by atoms with Crippen LogP contribution in [0.1, 0.15) is 31.2 Å². The normalized spacial score (nSPS) is 22.6. The number of aromatic nitrogens is 1. The fraction of sp³-hybridized carbons (Fsp3) is 0.450. The molecule has 2 aliphatic rings. The first-order chi connectivity index (χ1) is 12.7. The zero-order valence-corrected chi connectivity index (χ0v) is 14.7. The third-order valence-corrected chi connectivity index (χ3v) is 5.42. The highest BCUT2D eigenvalue weighted by Crippen LogP contribution is 2.27. The molecule has 0 radical (unpaired) electrons. The summed E-state index contributed by atoms with van der Waals surface area (Å²) in [6.45, 7) is 1.38. The molecule has 0 bridgehead atoms. The van der Waals surface area contributed by atoms with Gasteiger partial charge in [0.1, 0.15) is 12.0 Å². The van der Waals surface area contributed by atoms with Crippen molar-refractivity contribution < 1.29 is 14.1 Å². The number of fused-ring (bicyclic) bond motifs is 1. The average molecular weight is 353 g/mol. The zero-order valence-electron chi connectivity index (χ0n) is 14.7. The van der Waals surface area contributed by atoms with Gasteiger partial charge in [-0.15, -0.1) is 0 Å². The Morgan fingerprint density at radius 2 is 2.12 bits per heavy atom. The van der Waals surface area contributed by atoms with E-state index in [9.17, 15) is 9.59 Å². The molecular formula is C20H23N3O3. The summed E-state index contributed by atoms with van der Waals surface area (Å²) in [7, 11) is 0. The number of carbonyl (C=O) groups excluding carboxylic acids is 2. The first-order valence-corrected chi connectivity index (χ1v) is 9.26. The van der Waals surface area contributed by atoms with E-state index in [2.05, 4.69) is 10.5 Å². The molecule has 2 unspecified atom stereocenters. The van der Waals surface area contributed by atoms with Crippen molar-refractivity contribution in [1.29, 1.82) is 0 Å². The lowest BCUT2D eigenvalue weighted by Gasteiger charge is -2.17. The first kappa shape index (κ1) is 16.8. The third-order valence-electron chi connectivity index (χ3n) is 5.42. The van der Waals surface area contributed by atoms with E-state index in [1.54, 1.807) is 6.26 Å². The molecule has 2 saturated heterocycles. The van der Waals surface area contributed by atoms with Crippen molar-refractivity contribution in [3.8, 4) is 11.3 Å². The quantitative estimate of drug-likeness (QED) is 0.916. The summed E-state index contributed by atoms with van der Waals surface area (Å²) in [5.41, 5.74) is 2.75. The minimum absolute atomic E-state index is 0.115. The van der Waals surface area contributed by atoms with Crippen molar-refractivity contribution in [1.82, 2.24) is 15.4 Å². The van der Waals surface area contributed by atoms with Crippen LogP contribution in [0.3, 0.4) is 0 Å². The number of amides is 2. The average Bonchev–Trinajstić information content (AvgIpc) is 3.24. The fourth-order valence-electron chi connectivity index (χ4n) is 4.00. The number of carbonyl (C=O) groups is 2. The molecule has 0 spiro atoms. The van der Waals surface area contributed by atoms with Crippen LogP contribution in [0.25, 0.3) is 11.3 Å². The van der Waals surface area contributed by atoms with Crippen molar-refractivity contribution in [2.24, 2.45) is 5.92 Å². The van der Waals surface area contributed by atoms with E-state index < -0.39 is 0 Å². The SMILES string of the molecule is O=C1CCCC2CN(C(=O)CCc3conc3-c3ccccc3)CC2N1. The second-order valence-electron chi connectivity index (χ2n) is 7.18. The number of aryl methyl sites for hydroxylation is 1. The number of nitrogens with one attached hydrogen (secondary N) is 1. The summed E-state index contributed by atoms with van der Waals surface area (Å²) in [4.78, 5) is 26.3. The van der Waals surface area contributed by atoms with E-state index in [1.807, 2.05) is 35.2 Å². The molecule has 2 atom stereocenters. The van der Waals surface area contributed by atoms with Gasteiger partial charge in [0.25, 0.3) is 0 Å². The van der Waals surface area contributed by atoms with Crippen LogP contribution in [0.15, 0.2) is 41.1 Å². The Labute approximate surface area is 152 Å². The second kappa shape index (κ2) is 7.32. The molecule has 1 aromatic carbocycles. The number of hydrogen-bond acceptors (Lipinski definition) is 4. The summed E-state index contributed by atoms with van der Waals surface area (Å²) >= 11 is 0. The lowest BCUT2D eigenvalue weighted by atomic mass is 9.99. The minimum atomic E-state index is 0.115. The van der Waals surface area contributed by atoms with Crippen LogP contribution in [-0.4, -0.2) is 41.0 Å². The standard InChI is InChI=1S/C20H23N3O3/c24-18-8-4-7-15-11-23(12-17(15)21-18)19(25)10-9-16-13-26-22-20(16)14-5-2-1-3-6-14/h1-3,5-6,13,15,17H,4,7-12H2,(H,21,24). The Bertz CT molecular complexity index is 787. The van der Waals surface area contributed by atoms with Crippen LogP contribution in [-0.2, 0) is 16.0 Å². The Kier molecular flexibility index (Phi) is 4.73. The molecule has 2 aromatic rings. The van der Waals surface area contributed by atoms with Crippen LogP contribution in [0.4, 0.5) is 0 Å². The minimum Gasteiger partial charge on any atom is -0.364 e. The van der Waals surface area contributed by atoms with Gasteiger partial charge in [-0.25, -0.2) is 0 Å². The Hall–Kier alpha value is -2.63. The van der Waals surface area contributed by atoms with Crippen molar-refractivity contribution in [2.45, 2.75) is 38.1 Å². The topological polar surface area (TPSA) is 75.4 Å². The van der Waals surface area contributed by atoms with Gasteiger partial charge in [-0.2, -0.15) is 0 Å². The monoisotopic (exact) mass is 353 g/mol. The highest BCUT2D eigenvalue weighted by atomic mass is 16.5. The summed E-state index contributed by atoms with van der Waals surface area (Å²) in [6.07, 6.45) is 5.19. The highest BCUT2D eigenvalue weighted by molar-refractivity contribution is 5.79. The molecule has 0 aliphatic carbocycles. The molecule has 3 heterocycles. The maximum Gasteiger partial charge on any atom is 0.222 e. The Morgan fingerprint density at radius 1 is 1.27 bits per heavy atom. The van der Waals surface area contributed by atoms with E-state index in [0.717, 1.165) is 36.2 Å². The van der Waals surface area contributed by atoms with Gasteiger partial charge < -0.3 is 14.7 Å². The number of benzene rings is 1. The molecule has 1 aromatic heterocycles. The smallest absolute Gasteiger partial charge is 0.222 e. The molecule has 2 aliphatic heterocycles. The van der Waals surface area contributed by atoms with Crippen molar-refractivity contribution in [3.05, 3.63) is 42.2 Å². The second-order valence-corrected chi connectivity index (χ2v) is 7.18. The van der Waals surface area contributed by atoms with Crippen molar-refractivity contribution >= 4 is 11.8 Å². The van der Waals surface area contributed by atoms with Gasteiger partial charge in [-0.05, 0) is 25.2 Å². The number of likely N-dealkylation sites (tertiary alicyclic amines) is 1. The Balaban J connectivity index is 1.37. The molecular weight excluding hydrogens is 330 g/mol. The van der Waals surface area contributed by atoms with Gasteiger partial charge >= 0.3 is 0 Å². The van der Waals surface area contributed by atoms with Gasteiger partial charge in [-0.3, -0.25) is 9.59 Å². The van der Waals surface area contributed by atoms with Crippen LogP contribution >= 0.6 is 0 Å². The molecule has 26 heavy (non-hydrogen) atoms. The fourth-order valence-corrected chi connectivity index (χ4v) is 4.00. The summed E-state index contributed by atoms with van der Waals surface area (Å²) < 4.78 is 5.14. The number of nitrogens with zero attached hydrogens (tertiary/aromatic N) is 2. The molecule has 2 fully saturated rings. The molecule has 1 N–H and O–H groups in total. The van der Waals surface area contributed by atoms with Gasteiger partial charge in [-0.1, -0.05) is 35.5 Å². The van der Waals surface area contributed by atoms with E-state index in [4.69, 9.17) is 4.52 Å². The predicted octanol–water partition coefficient (Wildman–Crippen LogP) is 2.40. The largest absolute Gasteiger partial charge is 0.364 e. The lowest BCUT2D eigenvalue weighted by molar-refractivity contribution is -0.130. The maximum absolute atomic E-state index is 12.7. The predicted molar refractivity (Wildman–Crippen MR) is 96.1 cm³/mol. The summed E-state index contributed by atoms with van der Waals surface area (Å²) in [5.74, 6) is 0.636. The van der Waals surface area contributed by atoms with E-state index >= 15 is 0 Å². The number of hydrogen-bond donors (Lipinski definition) is 1. The van der Waals surface area contributed by atoms with Gasteiger partial charge in [0.15, 0.2) is 0 Å². The van der Waals surface area contributed by atoms with Gasteiger partial charge in [0.05, 0.1) is 6.04 Å².